The Labute approximate surface area is 192 Å². The van der Waals surface area contributed by atoms with Gasteiger partial charge in [-0.3, -0.25) is 14.8 Å². The molecule has 6 N–H and O–H groups in total. The maximum atomic E-state index is 13.2. The molecule has 0 fully saturated rings. The lowest BCUT2D eigenvalue weighted by Crippen LogP contribution is -2.28. The number of nitrogens with two attached hydrogens (primary N) is 2. The molecule has 0 spiro atoms. The molecule has 2 aromatic carbocycles. The van der Waals surface area contributed by atoms with Gasteiger partial charge in [-0.2, -0.15) is 0 Å². The molecular formula is C24H27ClN6O. The molecule has 0 atom stereocenters. The molecule has 7 nitrogen and oxygen atoms in total. The Hall–Kier alpha value is -3.58. The summed E-state index contributed by atoms with van der Waals surface area (Å²) in [7, 11) is 0. The molecule has 0 aliphatic carbocycles. The molecule has 3 aromatic rings. The van der Waals surface area contributed by atoms with E-state index in [0.29, 0.717) is 29.9 Å². The highest BCUT2D eigenvalue weighted by Gasteiger charge is 2.17. The Morgan fingerprint density at radius 3 is 2.56 bits per heavy atom. The zero-order valence-corrected chi connectivity index (χ0v) is 18.9. The van der Waals surface area contributed by atoms with Gasteiger partial charge in [-0.15, -0.1) is 0 Å². The maximum absolute atomic E-state index is 13.2. The number of benzene rings is 2. The molecule has 0 radical (unpaired) electrons. The highest BCUT2D eigenvalue weighted by molar-refractivity contribution is 6.32. The highest BCUT2D eigenvalue weighted by atomic mass is 35.5. The van der Waals surface area contributed by atoms with E-state index in [-0.39, 0.29) is 28.4 Å². The first-order valence-electron chi connectivity index (χ1n) is 10.3. The fraction of sp³-hybridized carbons (Fsp3) is 0.208. The van der Waals surface area contributed by atoms with Crippen LogP contribution in [0.4, 0.5) is 11.5 Å². The number of halogens is 1. The van der Waals surface area contributed by atoms with Crippen LogP contribution in [0.2, 0.25) is 5.15 Å². The third kappa shape index (κ3) is 5.56. The van der Waals surface area contributed by atoms with Crippen LogP contribution in [0, 0.1) is 5.41 Å². The molecule has 3 rings (SSSR count). The number of nitrogens with one attached hydrogen (secondary N) is 2. The molecule has 0 aliphatic heterocycles. The minimum absolute atomic E-state index is 0.0338. The molecule has 1 heterocycles. The second-order valence-corrected chi connectivity index (χ2v) is 8.08. The smallest absolute Gasteiger partial charge is 0.294 e. The van der Waals surface area contributed by atoms with Crippen molar-refractivity contribution in [2.75, 3.05) is 11.1 Å². The van der Waals surface area contributed by atoms with Gasteiger partial charge in [0.15, 0.2) is 11.0 Å². The monoisotopic (exact) mass is 450 g/mol. The molecule has 0 unspecified atom stereocenters. The summed E-state index contributed by atoms with van der Waals surface area (Å²) in [6.07, 6.45) is 4.59. The molecule has 32 heavy (non-hydrogen) atoms. The summed E-state index contributed by atoms with van der Waals surface area (Å²) >= 11 is 6.52. The summed E-state index contributed by atoms with van der Waals surface area (Å²) in [5.74, 6) is 0.256. The van der Waals surface area contributed by atoms with Crippen LogP contribution in [-0.2, 0) is 13.0 Å². The third-order valence-electron chi connectivity index (χ3n) is 4.78. The first-order valence-corrected chi connectivity index (χ1v) is 10.6. The van der Waals surface area contributed by atoms with Gasteiger partial charge in [-0.05, 0) is 38.0 Å². The van der Waals surface area contributed by atoms with Crippen LogP contribution in [0.25, 0.3) is 11.3 Å². The standard InChI is InChI=1S/C24H27ClN6O/c1-15(2)29-23-24(32)31(20(21(25)30-23)18-7-5-8-19(26)14-18)13-4-3-6-16-9-11-17(12-10-16)22(27)28/h3-5,7-12,14-15H,6,13,26H2,1-2H3,(H3,27,28)(H,29,30)/b4-3+. The summed E-state index contributed by atoms with van der Waals surface area (Å²) in [6, 6.07) is 14.8. The number of amidine groups is 1. The van der Waals surface area contributed by atoms with Crippen molar-refractivity contribution in [3.63, 3.8) is 0 Å². The van der Waals surface area contributed by atoms with Crippen molar-refractivity contribution in [2.45, 2.75) is 32.9 Å². The molecule has 166 valence electrons. The summed E-state index contributed by atoms with van der Waals surface area (Å²) in [4.78, 5) is 17.5. The highest BCUT2D eigenvalue weighted by Crippen LogP contribution is 2.27. The van der Waals surface area contributed by atoms with Crippen LogP contribution in [0.1, 0.15) is 25.0 Å². The molecule has 1 aromatic heterocycles. The van der Waals surface area contributed by atoms with E-state index in [4.69, 9.17) is 28.5 Å². The Morgan fingerprint density at radius 2 is 1.94 bits per heavy atom. The van der Waals surface area contributed by atoms with Crippen LogP contribution in [0.15, 0.2) is 65.5 Å². The van der Waals surface area contributed by atoms with Crippen molar-refractivity contribution in [1.82, 2.24) is 9.55 Å². The van der Waals surface area contributed by atoms with Gasteiger partial charge in [-0.25, -0.2) is 4.98 Å². The van der Waals surface area contributed by atoms with Gasteiger partial charge in [0.25, 0.3) is 5.56 Å². The normalized spacial score (nSPS) is 11.2. The first-order chi connectivity index (χ1) is 15.3. The minimum Gasteiger partial charge on any atom is -0.399 e. The lowest BCUT2D eigenvalue weighted by Gasteiger charge is -2.17. The molecule has 0 saturated heterocycles. The predicted molar refractivity (Wildman–Crippen MR) is 132 cm³/mol. The average Bonchev–Trinajstić information content (AvgIpc) is 2.74. The number of nitrogen functional groups attached to an aromatic ring is 2. The zero-order valence-electron chi connectivity index (χ0n) is 18.1. The van der Waals surface area contributed by atoms with Gasteiger partial charge in [-0.1, -0.05) is 60.2 Å². The maximum Gasteiger partial charge on any atom is 0.294 e. The van der Waals surface area contributed by atoms with Gasteiger partial charge in [0, 0.05) is 29.4 Å². The van der Waals surface area contributed by atoms with E-state index < -0.39 is 0 Å². The topological polar surface area (TPSA) is 123 Å². The number of hydrogen-bond donors (Lipinski definition) is 4. The predicted octanol–water partition coefficient (Wildman–Crippen LogP) is 4.05. The minimum atomic E-state index is -0.254. The van der Waals surface area contributed by atoms with E-state index in [0.717, 1.165) is 11.1 Å². The largest absolute Gasteiger partial charge is 0.399 e. The summed E-state index contributed by atoms with van der Waals surface area (Å²) < 4.78 is 1.60. The van der Waals surface area contributed by atoms with Gasteiger partial charge in [0.1, 0.15) is 5.84 Å². The third-order valence-corrected chi connectivity index (χ3v) is 5.05. The Morgan fingerprint density at radius 1 is 1.22 bits per heavy atom. The number of hydrogen-bond acceptors (Lipinski definition) is 5. The Balaban J connectivity index is 1.92. The van der Waals surface area contributed by atoms with Crippen LogP contribution < -0.4 is 22.3 Å². The number of anilines is 2. The van der Waals surface area contributed by atoms with E-state index in [1.807, 2.05) is 62.4 Å². The van der Waals surface area contributed by atoms with E-state index in [2.05, 4.69) is 10.3 Å². The number of aromatic nitrogens is 2. The van der Waals surface area contributed by atoms with E-state index in [1.165, 1.54) is 0 Å². The Kier molecular flexibility index (Phi) is 7.33. The quantitative estimate of drug-likeness (QED) is 0.178. The average molecular weight is 451 g/mol. The molecule has 0 saturated carbocycles. The van der Waals surface area contributed by atoms with Crippen molar-refractivity contribution in [2.24, 2.45) is 5.73 Å². The van der Waals surface area contributed by atoms with Crippen molar-refractivity contribution in [3.8, 4) is 11.3 Å². The van der Waals surface area contributed by atoms with Crippen molar-refractivity contribution >= 4 is 28.9 Å². The van der Waals surface area contributed by atoms with E-state index in [1.54, 1.807) is 16.7 Å². The zero-order chi connectivity index (χ0) is 23.3. The number of nitrogens with zero attached hydrogens (tertiary/aromatic N) is 2. The molecule has 0 bridgehead atoms. The van der Waals surface area contributed by atoms with Crippen molar-refractivity contribution in [3.05, 3.63) is 87.3 Å². The van der Waals surface area contributed by atoms with E-state index >= 15 is 0 Å². The second-order valence-electron chi connectivity index (χ2n) is 7.73. The summed E-state index contributed by atoms with van der Waals surface area (Å²) in [5.41, 5.74) is 14.8. The number of rotatable bonds is 8. The van der Waals surface area contributed by atoms with Crippen molar-refractivity contribution < 1.29 is 0 Å². The fourth-order valence-corrected chi connectivity index (χ4v) is 3.56. The SMILES string of the molecule is CC(C)Nc1nc(Cl)c(-c2cccc(N)c2)n(C/C=C/Cc2ccc(C(=N)N)cc2)c1=O. The molecule has 8 heteroatoms. The summed E-state index contributed by atoms with van der Waals surface area (Å²) in [6.45, 7) is 4.19. The van der Waals surface area contributed by atoms with Gasteiger partial charge in [0.05, 0.1) is 5.69 Å². The molecular weight excluding hydrogens is 424 g/mol. The Bertz CT molecular complexity index is 1200. The van der Waals surface area contributed by atoms with Crippen LogP contribution in [-0.4, -0.2) is 21.4 Å². The molecule has 0 amide bonds. The van der Waals surface area contributed by atoms with Gasteiger partial charge >= 0.3 is 0 Å². The van der Waals surface area contributed by atoms with E-state index in [9.17, 15) is 4.79 Å². The first kappa shape index (κ1) is 23.1. The van der Waals surface area contributed by atoms with Crippen LogP contribution in [0.5, 0.6) is 0 Å². The molecule has 0 aliphatic rings. The lowest BCUT2D eigenvalue weighted by molar-refractivity contribution is 0.767. The van der Waals surface area contributed by atoms with Gasteiger partial charge < -0.3 is 16.8 Å². The van der Waals surface area contributed by atoms with Crippen LogP contribution >= 0.6 is 11.6 Å². The van der Waals surface area contributed by atoms with Crippen molar-refractivity contribution in [1.29, 1.82) is 5.41 Å². The lowest BCUT2D eigenvalue weighted by atomic mass is 10.1. The summed E-state index contributed by atoms with van der Waals surface area (Å²) in [5, 5.41) is 10.8. The van der Waals surface area contributed by atoms with Gasteiger partial charge in [0.2, 0.25) is 0 Å². The fourth-order valence-electron chi connectivity index (χ4n) is 3.26. The van der Waals surface area contributed by atoms with Crippen LogP contribution in [0.3, 0.4) is 0 Å². The second kappa shape index (κ2) is 10.2. The number of allylic oxidation sites excluding steroid dienone is 2.